The summed E-state index contributed by atoms with van der Waals surface area (Å²) < 4.78 is 1.61. The topological polar surface area (TPSA) is 41.4 Å². The van der Waals surface area contributed by atoms with Crippen LogP contribution in [0, 0.1) is 0 Å². The molecule has 0 amide bonds. The molecule has 1 aliphatic heterocycles. The number of piperazine rings is 1. The van der Waals surface area contributed by atoms with E-state index in [-0.39, 0.29) is 11.0 Å². The van der Waals surface area contributed by atoms with Gasteiger partial charge in [-0.15, -0.1) is 0 Å². The van der Waals surface area contributed by atoms with Gasteiger partial charge in [0.1, 0.15) is 0 Å². The molecule has 20 heavy (non-hydrogen) atoms. The maximum atomic E-state index is 11.9. The third-order valence-corrected chi connectivity index (χ3v) is 3.86. The third kappa shape index (κ3) is 3.90. The standard InChI is InChI=1S/C15H26N4O/c1-15(2,3)13-5-6-14(20)19(16-13)12-11-18-9-7-17(4)8-10-18/h5-6H,7-12H2,1-4H3. The molecule has 5 nitrogen and oxygen atoms in total. The van der Waals surface area contributed by atoms with Crippen LogP contribution < -0.4 is 5.56 Å². The van der Waals surface area contributed by atoms with E-state index in [4.69, 9.17) is 0 Å². The predicted octanol–water partition coefficient (Wildman–Crippen LogP) is 0.788. The lowest BCUT2D eigenvalue weighted by Crippen LogP contribution is -2.46. The predicted molar refractivity (Wildman–Crippen MR) is 81.1 cm³/mol. The van der Waals surface area contributed by atoms with Crippen molar-refractivity contribution in [2.24, 2.45) is 0 Å². The fourth-order valence-electron chi connectivity index (χ4n) is 2.32. The Morgan fingerprint density at radius 2 is 1.75 bits per heavy atom. The van der Waals surface area contributed by atoms with E-state index in [9.17, 15) is 4.79 Å². The van der Waals surface area contributed by atoms with Crippen LogP contribution in [-0.4, -0.2) is 59.4 Å². The second-order valence-electron chi connectivity index (χ2n) is 6.67. The molecular formula is C15H26N4O. The van der Waals surface area contributed by atoms with Crippen LogP contribution in [0.15, 0.2) is 16.9 Å². The van der Waals surface area contributed by atoms with Crippen LogP contribution in [0.25, 0.3) is 0 Å². The van der Waals surface area contributed by atoms with E-state index in [0.29, 0.717) is 6.54 Å². The van der Waals surface area contributed by atoms with Crippen LogP contribution in [0.2, 0.25) is 0 Å². The van der Waals surface area contributed by atoms with Crippen molar-refractivity contribution in [3.8, 4) is 0 Å². The molecule has 0 aliphatic carbocycles. The van der Waals surface area contributed by atoms with Gasteiger partial charge in [-0.3, -0.25) is 9.69 Å². The zero-order valence-corrected chi connectivity index (χ0v) is 13.1. The quantitative estimate of drug-likeness (QED) is 0.820. The van der Waals surface area contributed by atoms with Crippen molar-refractivity contribution in [2.75, 3.05) is 39.8 Å². The molecule has 0 N–H and O–H groups in total. The minimum Gasteiger partial charge on any atom is -0.304 e. The Bertz CT molecular complexity index is 495. The summed E-state index contributed by atoms with van der Waals surface area (Å²) in [7, 11) is 2.15. The number of nitrogens with zero attached hydrogens (tertiary/aromatic N) is 4. The highest BCUT2D eigenvalue weighted by molar-refractivity contribution is 5.10. The van der Waals surface area contributed by atoms with Gasteiger partial charge in [0.05, 0.1) is 12.2 Å². The van der Waals surface area contributed by atoms with Gasteiger partial charge in [0, 0.05) is 44.2 Å². The second-order valence-corrected chi connectivity index (χ2v) is 6.67. The second kappa shape index (κ2) is 6.06. The summed E-state index contributed by atoms with van der Waals surface area (Å²) in [6, 6.07) is 3.48. The molecule has 0 spiro atoms. The molecule has 0 bridgehead atoms. The number of likely N-dealkylation sites (N-methyl/N-ethyl adjacent to an activating group) is 1. The highest BCUT2D eigenvalue weighted by Gasteiger charge is 2.17. The summed E-state index contributed by atoms with van der Waals surface area (Å²) in [5.41, 5.74) is 0.936. The van der Waals surface area contributed by atoms with Crippen molar-refractivity contribution < 1.29 is 0 Å². The van der Waals surface area contributed by atoms with Crippen LogP contribution in [-0.2, 0) is 12.0 Å². The van der Waals surface area contributed by atoms with E-state index in [0.717, 1.165) is 38.4 Å². The molecule has 0 saturated carbocycles. The highest BCUT2D eigenvalue weighted by Crippen LogP contribution is 2.17. The molecule has 0 unspecified atom stereocenters. The van der Waals surface area contributed by atoms with E-state index < -0.39 is 0 Å². The molecule has 2 rings (SSSR count). The van der Waals surface area contributed by atoms with Crippen LogP contribution in [0.3, 0.4) is 0 Å². The van der Waals surface area contributed by atoms with Gasteiger partial charge in [-0.25, -0.2) is 4.68 Å². The van der Waals surface area contributed by atoms with Gasteiger partial charge in [0.15, 0.2) is 0 Å². The Morgan fingerprint density at radius 1 is 1.10 bits per heavy atom. The lowest BCUT2D eigenvalue weighted by Gasteiger charge is -2.32. The van der Waals surface area contributed by atoms with Crippen LogP contribution in [0.1, 0.15) is 26.5 Å². The fraction of sp³-hybridized carbons (Fsp3) is 0.733. The first-order chi connectivity index (χ1) is 9.36. The van der Waals surface area contributed by atoms with Crippen LogP contribution in [0.4, 0.5) is 0 Å². The molecule has 0 radical (unpaired) electrons. The average Bonchev–Trinajstić information content (AvgIpc) is 2.38. The summed E-state index contributed by atoms with van der Waals surface area (Å²) in [4.78, 5) is 16.6. The molecular weight excluding hydrogens is 252 g/mol. The van der Waals surface area contributed by atoms with E-state index in [1.54, 1.807) is 10.7 Å². The van der Waals surface area contributed by atoms with Crippen molar-refractivity contribution in [3.05, 3.63) is 28.2 Å². The molecule has 1 aliphatic rings. The Balaban J connectivity index is 2.00. The van der Waals surface area contributed by atoms with E-state index in [1.165, 1.54) is 0 Å². The Hall–Kier alpha value is -1.20. The van der Waals surface area contributed by atoms with Gasteiger partial charge in [-0.05, 0) is 13.1 Å². The number of rotatable bonds is 3. The largest absolute Gasteiger partial charge is 0.304 e. The Labute approximate surface area is 121 Å². The Kier molecular flexibility index (Phi) is 4.60. The zero-order valence-electron chi connectivity index (χ0n) is 13.1. The number of aromatic nitrogens is 2. The highest BCUT2D eigenvalue weighted by atomic mass is 16.1. The lowest BCUT2D eigenvalue weighted by atomic mass is 9.92. The molecule has 1 fully saturated rings. The summed E-state index contributed by atoms with van der Waals surface area (Å²) in [5, 5.41) is 4.51. The summed E-state index contributed by atoms with van der Waals surface area (Å²) >= 11 is 0. The van der Waals surface area contributed by atoms with Crippen molar-refractivity contribution in [1.29, 1.82) is 0 Å². The monoisotopic (exact) mass is 278 g/mol. The summed E-state index contributed by atoms with van der Waals surface area (Å²) in [6.07, 6.45) is 0. The van der Waals surface area contributed by atoms with Crippen LogP contribution >= 0.6 is 0 Å². The molecule has 0 aromatic carbocycles. The van der Waals surface area contributed by atoms with Crippen molar-refractivity contribution in [1.82, 2.24) is 19.6 Å². The summed E-state index contributed by atoms with van der Waals surface area (Å²) in [5.74, 6) is 0. The zero-order chi connectivity index (χ0) is 14.8. The number of hydrogen-bond acceptors (Lipinski definition) is 4. The first kappa shape index (κ1) is 15.2. The maximum Gasteiger partial charge on any atom is 0.266 e. The molecule has 1 aromatic heterocycles. The van der Waals surface area contributed by atoms with Crippen molar-refractivity contribution >= 4 is 0 Å². The molecule has 5 heteroatoms. The molecule has 1 saturated heterocycles. The van der Waals surface area contributed by atoms with E-state index in [2.05, 4.69) is 42.7 Å². The van der Waals surface area contributed by atoms with Gasteiger partial charge in [0.2, 0.25) is 0 Å². The number of hydrogen-bond donors (Lipinski definition) is 0. The normalized spacial score (nSPS) is 18.4. The minimum atomic E-state index is -0.0245. The van der Waals surface area contributed by atoms with Gasteiger partial charge in [0.25, 0.3) is 5.56 Å². The van der Waals surface area contributed by atoms with Crippen molar-refractivity contribution in [2.45, 2.75) is 32.7 Å². The molecule has 112 valence electrons. The molecule has 1 aromatic rings. The molecule has 2 heterocycles. The molecule has 0 atom stereocenters. The van der Waals surface area contributed by atoms with Crippen molar-refractivity contribution in [3.63, 3.8) is 0 Å². The fourth-order valence-corrected chi connectivity index (χ4v) is 2.32. The average molecular weight is 278 g/mol. The van der Waals surface area contributed by atoms with Gasteiger partial charge in [-0.2, -0.15) is 5.10 Å². The first-order valence-corrected chi connectivity index (χ1v) is 7.36. The lowest BCUT2D eigenvalue weighted by molar-refractivity contribution is 0.148. The SMILES string of the molecule is CN1CCN(CCn2nc(C(C)(C)C)ccc2=O)CC1. The minimum absolute atomic E-state index is 0.00729. The summed E-state index contributed by atoms with van der Waals surface area (Å²) in [6.45, 7) is 12.3. The van der Waals surface area contributed by atoms with E-state index in [1.807, 2.05) is 6.07 Å². The first-order valence-electron chi connectivity index (χ1n) is 7.36. The maximum absolute atomic E-state index is 11.9. The smallest absolute Gasteiger partial charge is 0.266 e. The van der Waals surface area contributed by atoms with Gasteiger partial charge >= 0.3 is 0 Å². The van der Waals surface area contributed by atoms with E-state index >= 15 is 0 Å². The Morgan fingerprint density at radius 3 is 2.35 bits per heavy atom. The van der Waals surface area contributed by atoms with Crippen LogP contribution in [0.5, 0.6) is 0 Å². The third-order valence-electron chi connectivity index (χ3n) is 3.86. The van der Waals surface area contributed by atoms with Gasteiger partial charge in [-0.1, -0.05) is 20.8 Å². The van der Waals surface area contributed by atoms with Gasteiger partial charge < -0.3 is 4.90 Å².